The molecule has 6 nitrogen and oxygen atoms in total. The number of carboxylic acids is 1. The molecule has 31 heavy (non-hydrogen) atoms. The first-order valence-electron chi connectivity index (χ1n) is 9.94. The van der Waals surface area contributed by atoms with Crippen molar-refractivity contribution >= 4 is 28.9 Å². The molecule has 0 aliphatic heterocycles. The van der Waals surface area contributed by atoms with Gasteiger partial charge >= 0.3 is 12.0 Å². The lowest BCUT2D eigenvalue weighted by Crippen LogP contribution is -2.06. The topological polar surface area (TPSA) is 84.3 Å². The van der Waals surface area contributed by atoms with Gasteiger partial charge < -0.3 is 15.2 Å². The Balaban J connectivity index is 2.03. The summed E-state index contributed by atoms with van der Waals surface area (Å²) in [7, 11) is 0. The van der Waals surface area contributed by atoms with E-state index in [9.17, 15) is 14.3 Å². The number of hydrogen-bond donors (Lipinski definition) is 2. The van der Waals surface area contributed by atoms with Crippen LogP contribution in [-0.4, -0.2) is 27.7 Å². The highest BCUT2D eigenvalue weighted by Gasteiger charge is 2.17. The van der Waals surface area contributed by atoms with Gasteiger partial charge in [-0.15, -0.1) is 0 Å². The van der Waals surface area contributed by atoms with Crippen molar-refractivity contribution in [3.8, 4) is 17.1 Å². The molecule has 0 aliphatic carbocycles. The van der Waals surface area contributed by atoms with E-state index in [1.807, 2.05) is 32.0 Å². The maximum Gasteiger partial charge on any atom is 0.316 e. The Kier molecular flexibility index (Phi) is 7.41. The second-order valence-electron chi connectivity index (χ2n) is 6.95. The number of ether oxygens (including phenoxy) is 1. The van der Waals surface area contributed by atoms with E-state index in [2.05, 4.69) is 15.3 Å². The molecule has 0 spiro atoms. The molecule has 0 saturated heterocycles. The van der Waals surface area contributed by atoms with Crippen molar-refractivity contribution in [2.45, 2.75) is 32.6 Å². The number of aliphatic carboxylic acids is 1. The van der Waals surface area contributed by atoms with E-state index in [4.69, 9.17) is 16.3 Å². The monoisotopic (exact) mass is 443 g/mol. The molecule has 0 aliphatic rings. The Labute approximate surface area is 185 Å². The summed E-state index contributed by atoms with van der Waals surface area (Å²) in [5.74, 6) is -1.52. The number of anilines is 2. The third kappa shape index (κ3) is 5.70. The fourth-order valence-corrected chi connectivity index (χ4v) is 3.40. The molecule has 0 fully saturated rings. The summed E-state index contributed by atoms with van der Waals surface area (Å²) in [6.07, 6.45) is 3.88. The first kappa shape index (κ1) is 22.5. The number of hydrogen-bond acceptors (Lipinski definition) is 5. The molecule has 2 N–H and O–H groups in total. The minimum absolute atomic E-state index is 0.0248. The largest absolute Gasteiger partial charge is 0.481 e. The maximum atomic E-state index is 14.1. The standard InChI is InChI=1S/C23H23ClFN3O3/c1-3-14(11-22(29)30)15-5-7-18(16-6-8-19(24)20(25)9-16)21(10-15)28-17-12-26-23(27-13-17)31-4-2/h5-10,12-14,28H,3-4,11H2,1-2H3,(H,29,30). The van der Waals surface area contributed by atoms with E-state index < -0.39 is 11.8 Å². The molecule has 162 valence electrons. The van der Waals surface area contributed by atoms with Gasteiger partial charge in [0.1, 0.15) is 5.82 Å². The molecule has 3 rings (SSSR count). The predicted octanol–water partition coefficient (Wildman–Crippen LogP) is 6.05. The summed E-state index contributed by atoms with van der Waals surface area (Å²) in [5.41, 5.74) is 3.53. The summed E-state index contributed by atoms with van der Waals surface area (Å²) in [4.78, 5) is 19.6. The average molecular weight is 444 g/mol. The van der Waals surface area contributed by atoms with E-state index in [-0.39, 0.29) is 23.4 Å². The number of benzene rings is 2. The van der Waals surface area contributed by atoms with Crippen molar-refractivity contribution in [3.63, 3.8) is 0 Å². The SMILES string of the molecule is CCOc1ncc(Nc2cc(C(CC)CC(=O)O)ccc2-c2ccc(Cl)c(F)c2)cn1. The highest BCUT2D eigenvalue weighted by atomic mass is 35.5. The van der Waals surface area contributed by atoms with Gasteiger partial charge in [-0.2, -0.15) is 0 Å². The van der Waals surface area contributed by atoms with Crippen LogP contribution in [0.2, 0.25) is 5.02 Å². The summed E-state index contributed by atoms with van der Waals surface area (Å²) in [5, 5.41) is 12.5. The Morgan fingerprint density at radius 3 is 2.55 bits per heavy atom. The van der Waals surface area contributed by atoms with Gasteiger partial charge in [0.15, 0.2) is 0 Å². The van der Waals surface area contributed by atoms with Crippen LogP contribution in [0.4, 0.5) is 15.8 Å². The van der Waals surface area contributed by atoms with Crippen LogP contribution in [0.3, 0.4) is 0 Å². The molecule has 2 aromatic carbocycles. The van der Waals surface area contributed by atoms with Gasteiger partial charge in [0, 0.05) is 11.3 Å². The molecule has 1 unspecified atom stereocenters. The number of halogens is 2. The quantitative estimate of drug-likeness (QED) is 0.419. The van der Waals surface area contributed by atoms with Gasteiger partial charge in [-0.3, -0.25) is 4.79 Å². The first-order chi connectivity index (χ1) is 14.9. The molecular weight excluding hydrogens is 421 g/mol. The lowest BCUT2D eigenvalue weighted by molar-refractivity contribution is -0.137. The van der Waals surface area contributed by atoms with Crippen LogP contribution in [-0.2, 0) is 4.79 Å². The summed E-state index contributed by atoms with van der Waals surface area (Å²) in [6.45, 7) is 4.26. The van der Waals surface area contributed by atoms with Crippen molar-refractivity contribution < 1.29 is 19.0 Å². The van der Waals surface area contributed by atoms with Gasteiger partial charge in [-0.1, -0.05) is 36.7 Å². The summed E-state index contributed by atoms with van der Waals surface area (Å²) < 4.78 is 19.4. The molecule has 1 heterocycles. The van der Waals surface area contributed by atoms with Gasteiger partial charge in [0.2, 0.25) is 0 Å². The molecule has 0 radical (unpaired) electrons. The van der Waals surface area contributed by atoms with Crippen LogP contribution >= 0.6 is 11.6 Å². The Morgan fingerprint density at radius 1 is 1.19 bits per heavy atom. The number of nitrogens with zero attached hydrogens (tertiary/aromatic N) is 2. The minimum Gasteiger partial charge on any atom is -0.481 e. The van der Waals surface area contributed by atoms with Crippen LogP contribution in [0.25, 0.3) is 11.1 Å². The second-order valence-corrected chi connectivity index (χ2v) is 7.36. The zero-order chi connectivity index (χ0) is 22.4. The van der Waals surface area contributed by atoms with Crippen molar-refractivity contribution in [2.24, 2.45) is 0 Å². The lowest BCUT2D eigenvalue weighted by Gasteiger charge is -2.18. The zero-order valence-electron chi connectivity index (χ0n) is 17.2. The van der Waals surface area contributed by atoms with E-state index in [1.165, 1.54) is 12.1 Å². The minimum atomic E-state index is -0.856. The Morgan fingerprint density at radius 2 is 1.94 bits per heavy atom. The van der Waals surface area contributed by atoms with Gasteiger partial charge in [-0.25, -0.2) is 14.4 Å². The van der Waals surface area contributed by atoms with E-state index in [0.29, 0.717) is 30.0 Å². The average Bonchev–Trinajstić information content (AvgIpc) is 2.75. The fraction of sp³-hybridized carbons (Fsp3) is 0.261. The van der Waals surface area contributed by atoms with E-state index in [1.54, 1.807) is 18.5 Å². The van der Waals surface area contributed by atoms with Gasteiger partial charge in [0.25, 0.3) is 0 Å². The van der Waals surface area contributed by atoms with Gasteiger partial charge in [-0.05, 0) is 48.6 Å². The van der Waals surface area contributed by atoms with Gasteiger partial charge in [0.05, 0.1) is 36.1 Å². The number of rotatable bonds is 9. The van der Waals surface area contributed by atoms with Crippen molar-refractivity contribution in [3.05, 3.63) is 65.2 Å². The third-order valence-corrected chi connectivity index (χ3v) is 5.15. The molecule has 3 aromatic rings. The molecule has 0 saturated carbocycles. The van der Waals surface area contributed by atoms with E-state index in [0.717, 1.165) is 11.1 Å². The van der Waals surface area contributed by atoms with Crippen LogP contribution in [0.15, 0.2) is 48.8 Å². The predicted molar refractivity (Wildman–Crippen MR) is 119 cm³/mol. The number of carboxylic acid groups (broad SMARTS) is 1. The fourth-order valence-electron chi connectivity index (χ4n) is 3.28. The molecule has 0 amide bonds. The third-order valence-electron chi connectivity index (χ3n) is 4.84. The molecule has 8 heteroatoms. The number of carbonyl (C=O) groups is 1. The number of aromatic nitrogens is 2. The summed E-state index contributed by atoms with van der Waals surface area (Å²) >= 11 is 5.84. The van der Waals surface area contributed by atoms with Crippen LogP contribution in [0.5, 0.6) is 6.01 Å². The Bertz CT molecular complexity index is 1060. The molecule has 1 atom stereocenters. The molecular formula is C23H23ClFN3O3. The van der Waals surface area contributed by atoms with Crippen molar-refractivity contribution in [1.29, 1.82) is 0 Å². The number of nitrogens with one attached hydrogen (secondary N) is 1. The highest BCUT2D eigenvalue weighted by Crippen LogP contribution is 2.36. The normalized spacial score (nSPS) is 11.7. The Hall–Kier alpha value is -3.19. The molecule has 1 aromatic heterocycles. The smallest absolute Gasteiger partial charge is 0.316 e. The second kappa shape index (κ2) is 10.2. The van der Waals surface area contributed by atoms with E-state index >= 15 is 0 Å². The molecule has 0 bridgehead atoms. The van der Waals surface area contributed by atoms with Crippen LogP contribution < -0.4 is 10.1 Å². The van der Waals surface area contributed by atoms with Crippen molar-refractivity contribution in [1.82, 2.24) is 9.97 Å². The lowest BCUT2D eigenvalue weighted by atomic mass is 9.90. The van der Waals surface area contributed by atoms with Crippen LogP contribution in [0, 0.1) is 5.82 Å². The van der Waals surface area contributed by atoms with Crippen LogP contribution in [0.1, 0.15) is 38.2 Å². The van der Waals surface area contributed by atoms with Crippen molar-refractivity contribution in [2.75, 3.05) is 11.9 Å². The maximum absolute atomic E-state index is 14.1. The first-order valence-corrected chi connectivity index (χ1v) is 10.3. The highest BCUT2D eigenvalue weighted by molar-refractivity contribution is 6.30. The summed E-state index contributed by atoms with van der Waals surface area (Å²) in [6, 6.07) is 10.5. The zero-order valence-corrected chi connectivity index (χ0v) is 18.0.